The number of sulfone groups is 1. The maximum Gasteiger partial charge on any atom is 0.341 e. The molecule has 1 aliphatic rings. The monoisotopic (exact) mass is 318 g/mol. The predicted octanol–water partition coefficient (Wildman–Crippen LogP) is 2.48. The summed E-state index contributed by atoms with van der Waals surface area (Å²) in [6.45, 7) is 2.91. The zero-order chi connectivity index (χ0) is 15.3. The van der Waals surface area contributed by atoms with Crippen molar-refractivity contribution in [3.8, 4) is 0 Å². The Morgan fingerprint density at radius 2 is 2.00 bits per heavy atom. The van der Waals surface area contributed by atoms with Crippen molar-refractivity contribution in [1.82, 2.24) is 5.32 Å². The molecular weight excluding hydrogens is 298 g/mol. The Labute approximate surface area is 123 Å². The zero-order valence-corrected chi connectivity index (χ0v) is 12.5. The molecule has 1 heterocycles. The highest BCUT2D eigenvalue weighted by atomic mass is 32.2. The lowest BCUT2D eigenvalue weighted by Crippen LogP contribution is -2.30. The smallest absolute Gasteiger partial charge is 0.341 e. The molecule has 0 bridgehead atoms. The molecule has 0 amide bonds. The topological polar surface area (TPSA) is 58.2 Å². The molecule has 1 aromatic carbocycles. The number of hydrogen-bond acceptors (Lipinski definition) is 4. The quantitative estimate of drug-likeness (QED) is 0.846. The van der Waals surface area contributed by atoms with Crippen LogP contribution in [0.2, 0.25) is 0 Å². The molecule has 1 saturated heterocycles. The van der Waals surface area contributed by atoms with E-state index in [-0.39, 0.29) is 4.90 Å². The lowest BCUT2D eigenvalue weighted by molar-refractivity contribution is 0.234. The Hall–Kier alpha value is -1.21. The summed E-state index contributed by atoms with van der Waals surface area (Å²) in [4.78, 5) is -0.348. The Bertz CT molecular complexity index is 541. The van der Waals surface area contributed by atoms with Crippen LogP contribution in [0.5, 0.6) is 0 Å². The van der Waals surface area contributed by atoms with E-state index in [0.717, 1.165) is 31.7 Å². The zero-order valence-electron chi connectivity index (χ0n) is 11.7. The summed E-state index contributed by atoms with van der Waals surface area (Å²) < 4.78 is 47.4. The van der Waals surface area contributed by atoms with Gasteiger partial charge in [-0.1, -0.05) is 0 Å². The van der Waals surface area contributed by atoms with Gasteiger partial charge in [0.1, 0.15) is 0 Å². The van der Waals surface area contributed by atoms with Gasteiger partial charge in [0.2, 0.25) is 9.84 Å². The highest BCUT2D eigenvalue weighted by molar-refractivity contribution is 7.91. The molecule has 4 nitrogen and oxygen atoms in total. The van der Waals surface area contributed by atoms with Crippen molar-refractivity contribution < 1.29 is 17.2 Å². The highest BCUT2D eigenvalue weighted by Gasteiger charge is 2.26. The van der Waals surface area contributed by atoms with Crippen LogP contribution >= 0.6 is 0 Å². The minimum atomic E-state index is -4.50. The third-order valence-corrected chi connectivity index (χ3v) is 5.10. The molecule has 7 heteroatoms. The molecule has 118 valence electrons. The SMILES string of the molecule is O=S(=O)(c1ccc(NCCC2CCCNC2)cc1)C(F)F. The summed E-state index contributed by atoms with van der Waals surface area (Å²) in [5, 5.41) is 6.54. The number of alkyl halides is 2. The summed E-state index contributed by atoms with van der Waals surface area (Å²) in [5.74, 6) is -2.72. The second kappa shape index (κ2) is 7.17. The molecule has 1 aromatic rings. The first kappa shape index (κ1) is 16.2. The lowest BCUT2D eigenvalue weighted by atomic mass is 9.96. The van der Waals surface area contributed by atoms with Gasteiger partial charge in [-0.05, 0) is 62.5 Å². The Morgan fingerprint density at radius 3 is 2.57 bits per heavy atom. The van der Waals surface area contributed by atoms with Crippen LogP contribution in [0.25, 0.3) is 0 Å². The van der Waals surface area contributed by atoms with Crippen LogP contribution in [0.3, 0.4) is 0 Å². The molecule has 2 rings (SSSR count). The molecule has 2 N–H and O–H groups in total. The average Bonchev–Trinajstić information content (AvgIpc) is 2.49. The van der Waals surface area contributed by atoms with Gasteiger partial charge in [0.05, 0.1) is 4.90 Å². The minimum Gasteiger partial charge on any atom is -0.385 e. The van der Waals surface area contributed by atoms with Gasteiger partial charge in [-0.25, -0.2) is 8.42 Å². The number of halogens is 2. The van der Waals surface area contributed by atoms with Crippen LogP contribution in [0.1, 0.15) is 19.3 Å². The van der Waals surface area contributed by atoms with E-state index in [1.807, 2.05) is 0 Å². The van der Waals surface area contributed by atoms with Crippen LogP contribution in [0.15, 0.2) is 29.2 Å². The van der Waals surface area contributed by atoms with E-state index in [9.17, 15) is 17.2 Å². The number of hydrogen-bond donors (Lipinski definition) is 2. The van der Waals surface area contributed by atoms with Crippen molar-refractivity contribution >= 4 is 15.5 Å². The molecule has 0 aromatic heterocycles. The third kappa shape index (κ3) is 4.38. The van der Waals surface area contributed by atoms with E-state index in [4.69, 9.17) is 0 Å². The van der Waals surface area contributed by atoms with E-state index in [2.05, 4.69) is 10.6 Å². The van der Waals surface area contributed by atoms with E-state index in [1.54, 1.807) is 0 Å². The fourth-order valence-electron chi connectivity index (χ4n) is 2.46. The van der Waals surface area contributed by atoms with Crippen LogP contribution in [0, 0.1) is 5.92 Å². The Balaban J connectivity index is 1.85. The lowest BCUT2D eigenvalue weighted by Gasteiger charge is -2.22. The Kier molecular flexibility index (Phi) is 5.52. The van der Waals surface area contributed by atoms with E-state index < -0.39 is 15.6 Å². The van der Waals surface area contributed by atoms with Gasteiger partial charge in [-0.2, -0.15) is 8.78 Å². The van der Waals surface area contributed by atoms with Crippen molar-refractivity contribution in [3.05, 3.63) is 24.3 Å². The minimum absolute atomic E-state index is 0.348. The normalized spacial score (nSPS) is 19.7. The van der Waals surface area contributed by atoms with Gasteiger partial charge < -0.3 is 10.6 Å². The van der Waals surface area contributed by atoms with Gasteiger partial charge in [0, 0.05) is 12.2 Å². The Morgan fingerprint density at radius 1 is 1.29 bits per heavy atom. The van der Waals surface area contributed by atoms with Crippen molar-refractivity contribution in [1.29, 1.82) is 0 Å². The summed E-state index contributed by atoms with van der Waals surface area (Å²) >= 11 is 0. The van der Waals surface area contributed by atoms with E-state index in [1.165, 1.54) is 37.1 Å². The molecule has 1 atom stereocenters. The summed E-state index contributed by atoms with van der Waals surface area (Å²) in [6.07, 6.45) is 3.45. The van der Waals surface area contributed by atoms with Gasteiger partial charge in [-0.15, -0.1) is 0 Å². The summed E-state index contributed by atoms with van der Waals surface area (Å²) in [7, 11) is -4.50. The van der Waals surface area contributed by atoms with Crippen LogP contribution in [-0.4, -0.2) is 33.8 Å². The second-order valence-corrected chi connectivity index (χ2v) is 7.18. The molecular formula is C14H20F2N2O2S. The summed E-state index contributed by atoms with van der Waals surface area (Å²) in [6, 6.07) is 5.47. The van der Waals surface area contributed by atoms with Crippen LogP contribution in [-0.2, 0) is 9.84 Å². The fourth-order valence-corrected chi connectivity index (χ4v) is 3.18. The molecule has 0 aliphatic carbocycles. The van der Waals surface area contributed by atoms with E-state index >= 15 is 0 Å². The molecule has 0 saturated carbocycles. The maximum atomic E-state index is 12.4. The first-order valence-electron chi connectivity index (χ1n) is 7.07. The van der Waals surface area contributed by atoms with Crippen molar-refractivity contribution in [2.75, 3.05) is 25.0 Å². The number of anilines is 1. The second-order valence-electron chi connectivity index (χ2n) is 5.26. The predicted molar refractivity (Wildman–Crippen MR) is 78.3 cm³/mol. The third-order valence-electron chi connectivity index (χ3n) is 3.70. The van der Waals surface area contributed by atoms with Crippen molar-refractivity contribution in [2.24, 2.45) is 5.92 Å². The number of rotatable bonds is 6. The molecule has 0 radical (unpaired) electrons. The standard InChI is InChI=1S/C14H20F2N2O2S/c15-14(16)21(19,20)13-5-3-12(4-6-13)18-9-7-11-2-1-8-17-10-11/h3-6,11,14,17-18H,1-2,7-10H2. The first-order chi connectivity index (χ1) is 10.00. The van der Waals surface area contributed by atoms with Gasteiger partial charge in [0.25, 0.3) is 0 Å². The molecule has 0 spiro atoms. The van der Waals surface area contributed by atoms with Crippen LogP contribution < -0.4 is 10.6 Å². The first-order valence-corrected chi connectivity index (χ1v) is 8.61. The molecule has 1 fully saturated rings. The van der Waals surface area contributed by atoms with Gasteiger partial charge in [-0.3, -0.25) is 0 Å². The van der Waals surface area contributed by atoms with Gasteiger partial charge in [0.15, 0.2) is 0 Å². The van der Waals surface area contributed by atoms with Crippen molar-refractivity contribution in [2.45, 2.75) is 29.9 Å². The number of nitrogens with one attached hydrogen (secondary N) is 2. The maximum absolute atomic E-state index is 12.4. The molecule has 1 unspecified atom stereocenters. The molecule has 21 heavy (non-hydrogen) atoms. The number of benzene rings is 1. The van der Waals surface area contributed by atoms with Crippen molar-refractivity contribution in [3.63, 3.8) is 0 Å². The van der Waals surface area contributed by atoms with E-state index in [0.29, 0.717) is 5.92 Å². The van der Waals surface area contributed by atoms with Crippen LogP contribution in [0.4, 0.5) is 14.5 Å². The number of piperidine rings is 1. The van der Waals surface area contributed by atoms with Gasteiger partial charge >= 0.3 is 5.76 Å². The summed E-state index contributed by atoms with van der Waals surface area (Å²) in [5.41, 5.74) is 0.743. The highest BCUT2D eigenvalue weighted by Crippen LogP contribution is 2.20. The average molecular weight is 318 g/mol. The fraction of sp³-hybridized carbons (Fsp3) is 0.571. The molecule has 1 aliphatic heterocycles. The largest absolute Gasteiger partial charge is 0.385 e.